The maximum absolute atomic E-state index is 13.5. The van der Waals surface area contributed by atoms with Gasteiger partial charge in [0.2, 0.25) is 0 Å². The van der Waals surface area contributed by atoms with E-state index in [1.807, 2.05) is 0 Å². The molecule has 0 bridgehead atoms. The fourth-order valence-electron chi connectivity index (χ4n) is 2.00. The van der Waals surface area contributed by atoms with Crippen molar-refractivity contribution in [3.63, 3.8) is 0 Å². The van der Waals surface area contributed by atoms with E-state index >= 15 is 0 Å². The van der Waals surface area contributed by atoms with Crippen LogP contribution in [0.15, 0.2) is 18.2 Å². The maximum Gasteiger partial charge on any atom is 0.270 e. The third-order valence-electron chi connectivity index (χ3n) is 3.22. The topological polar surface area (TPSA) is 72.2 Å². The lowest BCUT2D eigenvalue weighted by Gasteiger charge is -2.06. The fraction of sp³-hybridized carbons (Fsp3) is 0.533. The second kappa shape index (κ2) is 9.05. The van der Waals surface area contributed by atoms with E-state index in [-0.39, 0.29) is 11.3 Å². The zero-order valence-electron chi connectivity index (χ0n) is 12.2. The van der Waals surface area contributed by atoms with Crippen molar-refractivity contribution in [2.45, 2.75) is 45.4 Å². The number of benzene rings is 1. The van der Waals surface area contributed by atoms with Crippen molar-refractivity contribution in [1.82, 2.24) is 5.32 Å². The second-order valence-corrected chi connectivity index (χ2v) is 4.94. The van der Waals surface area contributed by atoms with Gasteiger partial charge in [-0.2, -0.15) is 0 Å². The summed E-state index contributed by atoms with van der Waals surface area (Å²) in [5, 5.41) is 13.2. The Bertz CT molecular complexity index is 492. The number of nitro groups is 1. The smallest absolute Gasteiger partial charge is 0.270 e. The van der Waals surface area contributed by atoms with Gasteiger partial charge in [-0.15, -0.1) is 0 Å². The molecule has 1 aromatic rings. The minimum atomic E-state index is -0.749. The minimum Gasteiger partial charge on any atom is -0.352 e. The van der Waals surface area contributed by atoms with Crippen LogP contribution in [0.2, 0.25) is 0 Å². The molecular weight excluding hydrogens is 275 g/mol. The average Bonchev–Trinajstić information content (AvgIpc) is 2.46. The number of non-ortho nitro benzene ring substituents is 1. The molecule has 21 heavy (non-hydrogen) atoms. The van der Waals surface area contributed by atoms with Crippen LogP contribution in [0.1, 0.15) is 55.8 Å². The van der Waals surface area contributed by atoms with Gasteiger partial charge in [-0.1, -0.05) is 39.0 Å². The Balaban J connectivity index is 2.41. The molecule has 1 aromatic carbocycles. The lowest BCUT2D eigenvalue weighted by molar-refractivity contribution is -0.384. The quantitative estimate of drug-likeness (QED) is 0.427. The Morgan fingerprint density at radius 3 is 2.57 bits per heavy atom. The highest BCUT2D eigenvalue weighted by Crippen LogP contribution is 2.16. The highest BCUT2D eigenvalue weighted by atomic mass is 19.1. The number of halogens is 1. The molecule has 0 spiro atoms. The normalized spacial score (nSPS) is 10.4. The van der Waals surface area contributed by atoms with Crippen molar-refractivity contribution in [2.75, 3.05) is 6.54 Å². The number of nitro benzene ring substituents is 1. The summed E-state index contributed by atoms with van der Waals surface area (Å²) in [6, 6.07) is 2.95. The standard InChI is InChI=1S/C15H21FN2O3/c1-2-3-4-5-6-7-10-17-15(19)13-11-12(18(20)21)8-9-14(13)16/h8-9,11H,2-7,10H2,1H3,(H,17,19). The average molecular weight is 296 g/mol. The van der Waals surface area contributed by atoms with Gasteiger partial charge < -0.3 is 5.32 Å². The first-order chi connectivity index (χ1) is 10.1. The molecule has 0 atom stereocenters. The SMILES string of the molecule is CCCCCCCCNC(=O)c1cc([N+](=O)[O-])ccc1F. The molecule has 5 nitrogen and oxygen atoms in total. The molecule has 0 aliphatic rings. The predicted octanol–water partition coefficient (Wildman–Crippen LogP) is 3.82. The Kier molecular flexibility index (Phi) is 7.36. The van der Waals surface area contributed by atoms with Crippen molar-refractivity contribution in [2.24, 2.45) is 0 Å². The highest BCUT2D eigenvalue weighted by Gasteiger charge is 2.16. The zero-order chi connectivity index (χ0) is 15.7. The zero-order valence-corrected chi connectivity index (χ0v) is 12.2. The van der Waals surface area contributed by atoms with Crippen LogP contribution in [0.4, 0.5) is 10.1 Å². The van der Waals surface area contributed by atoms with Crippen LogP contribution in [0.5, 0.6) is 0 Å². The van der Waals surface area contributed by atoms with E-state index in [0.717, 1.165) is 37.5 Å². The van der Waals surface area contributed by atoms with Gasteiger partial charge in [-0.25, -0.2) is 4.39 Å². The van der Waals surface area contributed by atoms with Gasteiger partial charge in [0.25, 0.3) is 11.6 Å². The first kappa shape index (κ1) is 17.1. The van der Waals surface area contributed by atoms with Crippen molar-refractivity contribution >= 4 is 11.6 Å². The number of unbranched alkanes of at least 4 members (excludes halogenated alkanes) is 5. The number of rotatable bonds is 9. The molecule has 6 heteroatoms. The van der Waals surface area contributed by atoms with E-state index in [1.54, 1.807) is 0 Å². The van der Waals surface area contributed by atoms with Crippen LogP contribution in [-0.4, -0.2) is 17.4 Å². The fourth-order valence-corrected chi connectivity index (χ4v) is 2.00. The van der Waals surface area contributed by atoms with E-state index in [1.165, 1.54) is 19.3 Å². The Hall–Kier alpha value is -1.98. The van der Waals surface area contributed by atoms with Gasteiger partial charge in [-0.3, -0.25) is 14.9 Å². The number of hydrogen-bond donors (Lipinski definition) is 1. The molecule has 116 valence electrons. The summed E-state index contributed by atoms with van der Waals surface area (Å²) in [6.45, 7) is 2.60. The van der Waals surface area contributed by atoms with Crippen LogP contribution < -0.4 is 5.32 Å². The summed E-state index contributed by atoms with van der Waals surface area (Å²) in [7, 11) is 0. The summed E-state index contributed by atoms with van der Waals surface area (Å²) in [6.07, 6.45) is 6.54. The van der Waals surface area contributed by atoms with E-state index in [4.69, 9.17) is 0 Å². The Morgan fingerprint density at radius 2 is 1.90 bits per heavy atom. The molecule has 0 heterocycles. The van der Waals surface area contributed by atoms with Crippen molar-refractivity contribution in [3.05, 3.63) is 39.7 Å². The van der Waals surface area contributed by atoms with E-state index in [9.17, 15) is 19.3 Å². The summed E-state index contributed by atoms with van der Waals surface area (Å²) in [4.78, 5) is 21.8. The van der Waals surface area contributed by atoms with Gasteiger partial charge in [0.1, 0.15) is 5.82 Å². The maximum atomic E-state index is 13.5. The first-order valence-electron chi connectivity index (χ1n) is 7.28. The third-order valence-corrected chi connectivity index (χ3v) is 3.22. The second-order valence-electron chi connectivity index (χ2n) is 4.94. The minimum absolute atomic E-state index is 0.282. The van der Waals surface area contributed by atoms with Gasteiger partial charge in [-0.05, 0) is 12.5 Å². The van der Waals surface area contributed by atoms with Crippen LogP contribution in [-0.2, 0) is 0 Å². The largest absolute Gasteiger partial charge is 0.352 e. The highest BCUT2D eigenvalue weighted by molar-refractivity contribution is 5.95. The molecule has 0 radical (unpaired) electrons. The lowest BCUT2D eigenvalue weighted by atomic mass is 10.1. The van der Waals surface area contributed by atoms with Crippen LogP contribution >= 0.6 is 0 Å². The van der Waals surface area contributed by atoms with Crippen LogP contribution in [0.3, 0.4) is 0 Å². The number of nitrogens with zero attached hydrogens (tertiary/aromatic N) is 1. The monoisotopic (exact) mass is 296 g/mol. The van der Waals surface area contributed by atoms with Gasteiger partial charge in [0.05, 0.1) is 10.5 Å². The van der Waals surface area contributed by atoms with Crippen molar-refractivity contribution in [1.29, 1.82) is 0 Å². The summed E-state index contributed by atoms with van der Waals surface area (Å²) in [5.41, 5.74) is -0.573. The first-order valence-corrected chi connectivity index (χ1v) is 7.28. The molecule has 0 saturated heterocycles. The molecule has 0 aromatic heterocycles. The molecule has 0 aliphatic carbocycles. The van der Waals surface area contributed by atoms with Crippen molar-refractivity contribution in [3.8, 4) is 0 Å². The third kappa shape index (κ3) is 5.89. The van der Waals surface area contributed by atoms with Crippen LogP contribution in [0.25, 0.3) is 0 Å². The summed E-state index contributed by atoms with van der Waals surface area (Å²) >= 11 is 0. The number of carbonyl (C=O) groups is 1. The molecule has 0 fully saturated rings. The van der Waals surface area contributed by atoms with Crippen molar-refractivity contribution < 1.29 is 14.1 Å². The van der Waals surface area contributed by atoms with Gasteiger partial charge in [0.15, 0.2) is 0 Å². The number of nitrogens with one attached hydrogen (secondary N) is 1. The van der Waals surface area contributed by atoms with Gasteiger partial charge >= 0.3 is 0 Å². The molecule has 0 aliphatic heterocycles. The Morgan fingerprint density at radius 1 is 1.24 bits per heavy atom. The number of carbonyl (C=O) groups excluding carboxylic acids is 1. The lowest BCUT2D eigenvalue weighted by Crippen LogP contribution is -2.25. The Labute approximate surface area is 123 Å². The molecule has 0 saturated carbocycles. The van der Waals surface area contributed by atoms with Crippen LogP contribution in [0, 0.1) is 15.9 Å². The van der Waals surface area contributed by atoms with E-state index < -0.39 is 16.6 Å². The number of amides is 1. The molecule has 1 N–H and O–H groups in total. The predicted molar refractivity (Wildman–Crippen MR) is 78.8 cm³/mol. The molecular formula is C15H21FN2O3. The summed E-state index contributed by atoms with van der Waals surface area (Å²) < 4.78 is 13.5. The number of hydrogen-bond acceptors (Lipinski definition) is 3. The molecule has 1 rings (SSSR count). The van der Waals surface area contributed by atoms with Gasteiger partial charge in [0, 0.05) is 18.7 Å². The van der Waals surface area contributed by atoms with E-state index in [0.29, 0.717) is 6.54 Å². The molecule has 0 unspecified atom stereocenters. The summed E-state index contributed by atoms with van der Waals surface area (Å²) in [5.74, 6) is -1.36. The molecule has 1 amide bonds. The van der Waals surface area contributed by atoms with E-state index in [2.05, 4.69) is 12.2 Å².